The van der Waals surface area contributed by atoms with Crippen LogP contribution in [0, 0.1) is 6.92 Å². The molecule has 0 fully saturated rings. The van der Waals surface area contributed by atoms with E-state index in [1.54, 1.807) is 43.4 Å². The van der Waals surface area contributed by atoms with Crippen molar-refractivity contribution in [2.75, 3.05) is 10.8 Å². The van der Waals surface area contributed by atoms with Gasteiger partial charge in [-0.05, 0) is 37.3 Å². The van der Waals surface area contributed by atoms with E-state index in [0.29, 0.717) is 9.99 Å². The van der Waals surface area contributed by atoms with Crippen LogP contribution >= 0.6 is 0 Å². The van der Waals surface area contributed by atoms with Crippen LogP contribution in [0.15, 0.2) is 99.7 Å². The maximum absolute atomic E-state index is 13.7. The van der Waals surface area contributed by atoms with Gasteiger partial charge < -0.3 is 0 Å². The highest BCUT2D eigenvalue weighted by Crippen LogP contribution is 2.31. The van der Waals surface area contributed by atoms with Crippen molar-refractivity contribution >= 4 is 27.8 Å². The van der Waals surface area contributed by atoms with Crippen LogP contribution in [0.1, 0.15) is 16.8 Å². The summed E-state index contributed by atoms with van der Waals surface area (Å²) in [5.74, 6) is -0.978. The molecule has 9 nitrogen and oxygen atoms in total. The van der Waals surface area contributed by atoms with Crippen molar-refractivity contribution in [2.24, 2.45) is 12.1 Å². The number of amides is 1. The SMILES string of the molecule is Cc1c(N(CC(=O)N/N=C\c2ccccc2C(F)(F)F)S(=O)(=O)c2ccccc2)c(=O)n(-c2ccccc2)n1C. The number of para-hydroxylation sites is 1. The largest absolute Gasteiger partial charge is 0.417 e. The Bertz CT molecular complexity index is 1710. The van der Waals surface area contributed by atoms with E-state index in [-0.39, 0.29) is 21.8 Å². The molecule has 40 heavy (non-hydrogen) atoms. The molecule has 4 aromatic rings. The molecule has 0 unspecified atom stereocenters. The van der Waals surface area contributed by atoms with Gasteiger partial charge in [0.05, 0.1) is 28.1 Å². The number of rotatable bonds is 8. The molecule has 0 radical (unpaired) electrons. The molecule has 0 aliphatic rings. The molecule has 208 valence electrons. The maximum atomic E-state index is 13.7. The van der Waals surface area contributed by atoms with Crippen molar-refractivity contribution in [3.05, 3.63) is 112 Å². The maximum Gasteiger partial charge on any atom is 0.417 e. The highest BCUT2D eigenvalue weighted by Gasteiger charge is 2.34. The molecule has 1 N–H and O–H groups in total. The minimum Gasteiger partial charge on any atom is -0.283 e. The first-order chi connectivity index (χ1) is 18.9. The first-order valence-corrected chi connectivity index (χ1v) is 13.3. The summed E-state index contributed by atoms with van der Waals surface area (Å²) in [6.45, 7) is 0.665. The number of benzene rings is 3. The van der Waals surface area contributed by atoms with Gasteiger partial charge in [-0.25, -0.2) is 22.8 Å². The number of halogens is 3. The third kappa shape index (κ3) is 5.69. The number of hydrazone groups is 1. The summed E-state index contributed by atoms with van der Waals surface area (Å²) in [5.41, 5.74) is 0.578. The Balaban J connectivity index is 1.72. The number of sulfonamides is 1. The van der Waals surface area contributed by atoms with Gasteiger partial charge in [-0.1, -0.05) is 54.6 Å². The summed E-state index contributed by atoms with van der Waals surface area (Å²) in [7, 11) is -2.87. The topological polar surface area (TPSA) is 106 Å². The van der Waals surface area contributed by atoms with E-state index in [9.17, 15) is 31.2 Å². The van der Waals surface area contributed by atoms with Gasteiger partial charge >= 0.3 is 6.18 Å². The summed E-state index contributed by atoms with van der Waals surface area (Å²) in [6.07, 6.45) is -3.83. The van der Waals surface area contributed by atoms with E-state index in [1.807, 2.05) is 0 Å². The van der Waals surface area contributed by atoms with E-state index in [0.717, 1.165) is 12.3 Å². The lowest BCUT2D eigenvalue weighted by Crippen LogP contribution is -2.42. The number of nitrogens with zero attached hydrogens (tertiary/aromatic N) is 4. The zero-order valence-corrected chi connectivity index (χ0v) is 22.1. The van der Waals surface area contributed by atoms with Gasteiger partial charge in [0.1, 0.15) is 12.2 Å². The van der Waals surface area contributed by atoms with Crippen LogP contribution in [0.3, 0.4) is 0 Å². The van der Waals surface area contributed by atoms with Crippen LogP contribution < -0.4 is 15.3 Å². The predicted octanol–water partition coefficient (Wildman–Crippen LogP) is 3.85. The summed E-state index contributed by atoms with van der Waals surface area (Å²) in [4.78, 5) is 26.3. The number of carbonyl (C=O) groups is 1. The van der Waals surface area contributed by atoms with Crippen LogP contribution in [0.2, 0.25) is 0 Å². The molecular weight excluding hydrogens is 547 g/mol. The van der Waals surface area contributed by atoms with Crippen LogP contribution in [0.25, 0.3) is 5.69 Å². The van der Waals surface area contributed by atoms with Crippen molar-refractivity contribution in [3.63, 3.8) is 0 Å². The molecule has 0 spiro atoms. The zero-order valence-electron chi connectivity index (χ0n) is 21.3. The normalized spacial score (nSPS) is 12.0. The van der Waals surface area contributed by atoms with Gasteiger partial charge in [0, 0.05) is 12.6 Å². The van der Waals surface area contributed by atoms with Crippen LogP contribution in [-0.2, 0) is 28.0 Å². The molecule has 0 bridgehead atoms. The van der Waals surface area contributed by atoms with Gasteiger partial charge in [-0.3, -0.25) is 14.3 Å². The predicted molar refractivity (Wildman–Crippen MR) is 144 cm³/mol. The molecule has 1 aromatic heterocycles. The molecule has 0 saturated heterocycles. The van der Waals surface area contributed by atoms with E-state index in [1.165, 1.54) is 58.8 Å². The van der Waals surface area contributed by atoms with Gasteiger partial charge in [-0.15, -0.1) is 0 Å². The first kappa shape index (κ1) is 28.4. The van der Waals surface area contributed by atoms with Crippen molar-refractivity contribution in [1.29, 1.82) is 0 Å². The van der Waals surface area contributed by atoms with E-state index in [2.05, 4.69) is 10.5 Å². The third-order valence-corrected chi connectivity index (χ3v) is 7.81. The van der Waals surface area contributed by atoms with Gasteiger partial charge in [0.25, 0.3) is 21.5 Å². The van der Waals surface area contributed by atoms with Gasteiger partial charge in [0.15, 0.2) is 0 Å². The van der Waals surface area contributed by atoms with E-state index < -0.39 is 39.8 Å². The first-order valence-electron chi connectivity index (χ1n) is 11.8. The molecular formula is C27H24F3N5O4S. The third-order valence-electron chi connectivity index (χ3n) is 6.05. The lowest BCUT2D eigenvalue weighted by molar-refractivity contribution is -0.137. The second kappa shape index (κ2) is 11.2. The van der Waals surface area contributed by atoms with Crippen LogP contribution in [0.4, 0.5) is 18.9 Å². The summed E-state index contributed by atoms with van der Waals surface area (Å²) in [6, 6.07) is 20.4. The smallest absolute Gasteiger partial charge is 0.283 e. The minimum atomic E-state index is -4.64. The van der Waals surface area contributed by atoms with Crippen molar-refractivity contribution in [3.8, 4) is 5.69 Å². The lowest BCUT2D eigenvalue weighted by atomic mass is 10.1. The number of carbonyl (C=O) groups excluding carboxylic acids is 1. The standard InChI is InChI=1S/C27H24F3N5O4S/c1-19-25(26(37)35(33(19)2)21-12-5-3-6-13-21)34(40(38,39)22-14-7-4-8-15-22)18-24(36)32-31-17-20-11-9-10-16-23(20)27(28,29)30/h3-17H,18H2,1-2H3,(H,32,36)/b31-17-. The van der Waals surface area contributed by atoms with Gasteiger partial charge in [-0.2, -0.15) is 18.3 Å². The molecule has 0 atom stereocenters. The number of aromatic nitrogens is 2. The van der Waals surface area contributed by atoms with Crippen LogP contribution in [-0.4, -0.2) is 36.4 Å². The molecule has 0 saturated carbocycles. The molecule has 3 aromatic carbocycles. The highest BCUT2D eigenvalue weighted by molar-refractivity contribution is 7.92. The molecule has 0 aliphatic carbocycles. The fourth-order valence-corrected chi connectivity index (χ4v) is 5.55. The van der Waals surface area contributed by atoms with Crippen molar-refractivity contribution in [2.45, 2.75) is 18.0 Å². The molecule has 0 aliphatic heterocycles. The second-order valence-corrected chi connectivity index (χ2v) is 10.5. The van der Waals surface area contributed by atoms with Crippen molar-refractivity contribution in [1.82, 2.24) is 14.8 Å². The lowest BCUT2D eigenvalue weighted by Gasteiger charge is -2.22. The quantitative estimate of drug-likeness (QED) is 0.256. The fraction of sp³-hybridized carbons (Fsp3) is 0.148. The Morgan fingerprint density at radius 3 is 2.17 bits per heavy atom. The Morgan fingerprint density at radius 1 is 0.975 bits per heavy atom. The Morgan fingerprint density at radius 2 is 1.55 bits per heavy atom. The van der Waals surface area contributed by atoms with E-state index in [4.69, 9.17) is 0 Å². The molecule has 4 rings (SSSR count). The Hall–Kier alpha value is -4.65. The zero-order chi connectivity index (χ0) is 29.1. The van der Waals surface area contributed by atoms with Crippen molar-refractivity contribution < 1.29 is 26.4 Å². The number of alkyl halides is 3. The van der Waals surface area contributed by atoms with E-state index >= 15 is 0 Å². The number of hydrogen-bond acceptors (Lipinski definition) is 5. The summed E-state index contributed by atoms with van der Waals surface area (Å²) in [5, 5.41) is 3.60. The van der Waals surface area contributed by atoms with Gasteiger partial charge in [0.2, 0.25) is 0 Å². The number of nitrogens with one attached hydrogen (secondary N) is 1. The molecule has 1 heterocycles. The monoisotopic (exact) mass is 571 g/mol. The number of hydrogen-bond donors (Lipinski definition) is 1. The van der Waals surface area contributed by atoms with Crippen LogP contribution in [0.5, 0.6) is 0 Å². The molecule has 13 heteroatoms. The number of anilines is 1. The highest BCUT2D eigenvalue weighted by atomic mass is 32.2. The molecule has 1 amide bonds. The average molecular weight is 572 g/mol. The minimum absolute atomic E-state index is 0.167. The average Bonchev–Trinajstić information content (AvgIpc) is 3.15. The fourth-order valence-electron chi connectivity index (χ4n) is 4.05. The summed E-state index contributed by atoms with van der Waals surface area (Å²) >= 11 is 0. The Labute approximate surface area is 227 Å². The second-order valence-electron chi connectivity index (χ2n) is 8.61. The summed E-state index contributed by atoms with van der Waals surface area (Å²) < 4.78 is 70.6. The Kier molecular flexibility index (Phi) is 7.96.